The van der Waals surface area contributed by atoms with Crippen LogP contribution in [0.1, 0.15) is 28.8 Å². The second kappa shape index (κ2) is 8.59. The van der Waals surface area contributed by atoms with E-state index < -0.39 is 18.0 Å². The summed E-state index contributed by atoms with van der Waals surface area (Å²) < 4.78 is 6.81. The van der Waals surface area contributed by atoms with Crippen LogP contribution in [0.2, 0.25) is 10.0 Å². The molecule has 1 N–H and O–H groups in total. The van der Waals surface area contributed by atoms with Crippen LogP contribution in [0.25, 0.3) is 5.82 Å². The van der Waals surface area contributed by atoms with Gasteiger partial charge in [-0.3, -0.25) is 4.79 Å². The van der Waals surface area contributed by atoms with Gasteiger partial charge in [-0.1, -0.05) is 23.2 Å². The number of amides is 1. The molecule has 0 fully saturated rings. The maximum atomic E-state index is 12.5. The number of nitrogens with one attached hydrogen (secondary N) is 1. The number of rotatable bonds is 5. The highest BCUT2D eigenvalue weighted by molar-refractivity contribution is 6.33. The van der Waals surface area contributed by atoms with E-state index in [4.69, 9.17) is 27.9 Å². The van der Waals surface area contributed by atoms with Gasteiger partial charge in [-0.25, -0.2) is 19.4 Å². The Morgan fingerprint density at radius 3 is 2.55 bits per heavy atom. The number of aryl methyl sites for hydroxylation is 2. The Hall–Kier alpha value is -2.97. The standard InChI is InChI=1S/C19H17Cl2N5O3/c1-10-8-11(2)26(25-10)16-7-5-14(21)17(24-16)19(28)29-12(3)18(27)23-15-6-4-13(20)9-22-15/h4-9,12H,1-3H3,(H,22,23,27). The van der Waals surface area contributed by atoms with Gasteiger partial charge in [-0.15, -0.1) is 0 Å². The van der Waals surface area contributed by atoms with Crippen LogP contribution in [0, 0.1) is 13.8 Å². The first-order chi connectivity index (χ1) is 13.7. The molecule has 29 heavy (non-hydrogen) atoms. The van der Waals surface area contributed by atoms with Crippen LogP contribution < -0.4 is 5.32 Å². The fourth-order valence-electron chi connectivity index (χ4n) is 2.50. The van der Waals surface area contributed by atoms with Crippen molar-refractivity contribution < 1.29 is 14.3 Å². The van der Waals surface area contributed by atoms with Crippen LogP contribution in [0.3, 0.4) is 0 Å². The first kappa shape index (κ1) is 20.8. The van der Waals surface area contributed by atoms with Gasteiger partial charge >= 0.3 is 5.97 Å². The molecule has 0 spiro atoms. The minimum absolute atomic E-state index is 0.104. The van der Waals surface area contributed by atoms with Crippen LogP contribution >= 0.6 is 23.2 Å². The molecule has 0 radical (unpaired) electrons. The van der Waals surface area contributed by atoms with E-state index in [0.717, 1.165) is 11.4 Å². The summed E-state index contributed by atoms with van der Waals surface area (Å²) in [4.78, 5) is 33.0. The Morgan fingerprint density at radius 2 is 1.93 bits per heavy atom. The average molecular weight is 434 g/mol. The van der Waals surface area contributed by atoms with Crippen molar-refractivity contribution in [2.75, 3.05) is 5.32 Å². The molecule has 3 aromatic heterocycles. The lowest BCUT2D eigenvalue weighted by Crippen LogP contribution is -2.30. The number of hydrogen-bond donors (Lipinski definition) is 1. The lowest BCUT2D eigenvalue weighted by molar-refractivity contribution is -0.123. The summed E-state index contributed by atoms with van der Waals surface area (Å²) in [5.41, 5.74) is 1.55. The van der Waals surface area contributed by atoms with Gasteiger partial charge in [0.25, 0.3) is 5.91 Å². The van der Waals surface area contributed by atoms with Crippen molar-refractivity contribution in [1.82, 2.24) is 19.7 Å². The monoisotopic (exact) mass is 433 g/mol. The van der Waals surface area contributed by atoms with Crippen LogP contribution in [0.15, 0.2) is 36.5 Å². The first-order valence-electron chi connectivity index (χ1n) is 8.58. The Morgan fingerprint density at radius 1 is 1.17 bits per heavy atom. The number of nitrogens with zero attached hydrogens (tertiary/aromatic N) is 4. The van der Waals surface area contributed by atoms with Crippen molar-refractivity contribution in [3.63, 3.8) is 0 Å². The molecule has 0 saturated heterocycles. The number of hydrogen-bond acceptors (Lipinski definition) is 6. The number of pyridine rings is 2. The fourth-order valence-corrected chi connectivity index (χ4v) is 2.80. The molecule has 1 atom stereocenters. The molecule has 0 aliphatic heterocycles. The zero-order valence-electron chi connectivity index (χ0n) is 15.8. The summed E-state index contributed by atoms with van der Waals surface area (Å²) >= 11 is 11.9. The molecule has 1 unspecified atom stereocenters. The average Bonchev–Trinajstić information content (AvgIpc) is 3.02. The molecule has 0 aromatic carbocycles. The number of aromatic nitrogens is 4. The predicted octanol–water partition coefficient (Wildman–Crippen LogP) is 3.77. The third-order valence-electron chi connectivity index (χ3n) is 3.88. The zero-order chi connectivity index (χ0) is 21.1. The van der Waals surface area contributed by atoms with Crippen molar-refractivity contribution >= 4 is 40.9 Å². The van der Waals surface area contributed by atoms with Crippen molar-refractivity contribution in [1.29, 1.82) is 0 Å². The van der Waals surface area contributed by atoms with Gasteiger partial charge < -0.3 is 10.1 Å². The Labute approximate surface area is 176 Å². The molecule has 150 valence electrons. The van der Waals surface area contributed by atoms with Crippen LogP contribution in [-0.2, 0) is 9.53 Å². The van der Waals surface area contributed by atoms with Gasteiger partial charge in [-0.05, 0) is 51.1 Å². The predicted molar refractivity (Wildman–Crippen MR) is 109 cm³/mol. The molecule has 0 saturated carbocycles. The van der Waals surface area contributed by atoms with Crippen LogP contribution in [0.5, 0.6) is 0 Å². The molecule has 8 nitrogen and oxygen atoms in total. The molecule has 3 heterocycles. The Balaban J connectivity index is 1.74. The normalized spacial score (nSPS) is 11.8. The second-order valence-corrected chi connectivity index (χ2v) is 7.08. The maximum Gasteiger partial charge on any atom is 0.359 e. The summed E-state index contributed by atoms with van der Waals surface area (Å²) in [6, 6.07) is 8.16. The summed E-state index contributed by atoms with van der Waals surface area (Å²) in [7, 11) is 0. The number of carbonyl (C=O) groups is 2. The van der Waals surface area contributed by atoms with Gasteiger partial charge in [0.1, 0.15) is 5.82 Å². The highest BCUT2D eigenvalue weighted by Crippen LogP contribution is 2.19. The Bertz CT molecular complexity index is 1070. The van der Waals surface area contributed by atoms with E-state index >= 15 is 0 Å². The van der Waals surface area contributed by atoms with Crippen LogP contribution in [-0.4, -0.2) is 37.7 Å². The summed E-state index contributed by atoms with van der Waals surface area (Å²) in [6.07, 6.45) is 0.289. The highest BCUT2D eigenvalue weighted by atomic mass is 35.5. The van der Waals surface area contributed by atoms with Gasteiger partial charge in [0, 0.05) is 11.9 Å². The van der Waals surface area contributed by atoms with Gasteiger partial charge in [0.05, 0.1) is 15.7 Å². The van der Waals surface area contributed by atoms with Crippen LogP contribution in [0.4, 0.5) is 5.82 Å². The zero-order valence-corrected chi connectivity index (χ0v) is 17.3. The lowest BCUT2D eigenvalue weighted by atomic mass is 10.3. The number of carbonyl (C=O) groups excluding carboxylic acids is 2. The molecule has 3 aromatic rings. The van der Waals surface area contributed by atoms with Gasteiger partial charge in [-0.2, -0.15) is 5.10 Å². The SMILES string of the molecule is Cc1cc(C)n(-c2ccc(Cl)c(C(=O)OC(C)C(=O)Nc3ccc(Cl)cn3)n2)n1. The third-order valence-corrected chi connectivity index (χ3v) is 4.41. The van der Waals surface area contributed by atoms with Crippen molar-refractivity contribution in [3.8, 4) is 5.82 Å². The van der Waals surface area contributed by atoms with Crippen molar-refractivity contribution in [3.05, 3.63) is 63.7 Å². The maximum absolute atomic E-state index is 12.5. The molecular weight excluding hydrogens is 417 g/mol. The Kier molecular flexibility index (Phi) is 6.14. The largest absolute Gasteiger partial charge is 0.448 e. The molecular formula is C19H17Cl2N5O3. The third kappa shape index (κ3) is 4.90. The van der Waals surface area contributed by atoms with E-state index in [9.17, 15) is 9.59 Å². The molecule has 3 rings (SSSR count). The van der Waals surface area contributed by atoms with E-state index in [1.165, 1.54) is 25.3 Å². The molecule has 10 heteroatoms. The summed E-state index contributed by atoms with van der Waals surface area (Å²) in [5, 5.41) is 7.41. The second-order valence-electron chi connectivity index (χ2n) is 6.24. The fraction of sp³-hybridized carbons (Fsp3) is 0.211. The van der Waals surface area contributed by atoms with E-state index in [1.54, 1.807) is 16.8 Å². The first-order valence-corrected chi connectivity index (χ1v) is 9.34. The summed E-state index contributed by atoms with van der Waals surface area (Å²) in [5.74, 6) is -0.691. The molecule has 0 aliphatic carbocycles. The smallest absolute Gasteiger partial charge is 0.359 e. The van der Waals surface area contributed by atoms with Gasteiger partial charge in [0.15, 0.2) is 17.6 Å². The number of esters is 1. The number of ether oxygens (including phenoxy) is 1. The molecule has 0 aliphatic rings. The molecule has 1 amide bonds. The van der Waals surface area contributed by atoms with E-state index in [1.807, 2.05) is 19.9 Å². The van der Waals surface area contributed by atoms with E-state index in [-0.39, 0.29) is 16.5 Å². The summed E-state index contributed by atoms with van der Waals surface area (Å²) in [6.45, 7) is 5.15. The highest BCUT2D eigenvalue weighted by Gasteiger charge is 2.23. The molecule has 0 bridgehead atoms. The topological polar surface area (TPSA) is 99.0 Å². The number of halogens is 2. The number of anilines is 1. The van der Waals surface area contributed by atoms with E-state index in [0.29, 0.717) is 10.8 Å². The minimum Gasteiger partial charge on any atom is -0.448 e. The van der Waals surface area contributed by atoms with Crippen molar-refractivity contribution in [2.24, 2.45) is 0 Å². The quantitative estimate of drug-likeness (QED) is 0.614. The van der Waals surface area contributed by atoms with E-state index in [2.05, 4.69) is 20.4 Å². The van der Waals surface area contributed by atoms with Crippen molar-refractivity contribution in [2.45, 2.75) is 26.9 Å². The minimum atomic E-state index is -1.10. The lowest BCUT2D eigenvalue weighted by Gasteiger charge is -2.14. The van der Waals surface area contributed by atoms with Gasteiger partial charge in [0.2, 0.25) is 0 Å².